The molecule has 0 aromatic heterocycles. The highest BCUT2D eigenvalue weighted by atomic mass is 32.2. The van der Waals surface area contributed by atoms with Crippen LogP contribution in [0.4, 0.5) is 0 Å². The second-order valence-electron chi connectivity index (χ2n) is 6.00. The second kappa shape index (κ2) is 5.05. The van der Waals surface area contributed by atoms with Gasteiger partial charge in [-0.3, -0.25) is 0 Å². The largest absolute Gasteiger partial charge is 0.0877 e. The molecule has 0 bridgehead atoms. The van der Waals surface area contributed by atoms with Gasteiger partial charge in [0.15, 0.2) is 0 Å². The molecule has 5 rings (SSSR count). The van der Waals surface area contributed by atoms with E-state index in [4.69, 9.17) is 0 Å². The SMILES string of the molecule is Cc1ccc2c(c1)Sc1cc3cc4ccccc4cc3cc1S2. The number of benzene rings is 4. The fourth-order valence-electron chi connectivity index (χ4n) is 3.13. The Morgan fingerprint density at radius 1 is 0.522 bits per heavy atom. The molecular formula is C21H14S2. The minimum absolute atomic E-state index is 1.31. The van der Waals surface area contributed by atoms with E-state index in [1.165, 1.54) is 46.7 Å². The summed E-state index contributed by atoms with van der Waals surface area (Å²) in [6, 6.07) is 24.6. The monoisotopic (exact) mass is 330 g/mol. The van der Waals surface area contributed by atoms with Gasteiger partial charge in [0.2, 0.25) is 0 Å². The van der Waals surface area contributed by atoms with Crippen LogP contribution in [0.25, 0.3) is 21.5 Å². The lowest BCUT2D eigenvalue weighted by atomic mass is 10.0. The Hall–Kier alpha value is -1.90. The zero-order valence-electron chi connectivity index (χ0n) is 12.7. The Kier molecular flexibility index (Phi) is 2.97. The van der Waals surface area contributed by atoms with Crippen LogP contribution in [0.2, 0.25) is 0 Å². The predicted octanol–water partition coefficient (Wildman–Crippen LogP) is 6.92. The molecule has 0 fully saturated rings. The zero-order valence-corrected chi connectivity index (χ0v) is 14.3. The van der Waals surface area contributed by atoms with Crippen molar-refractivity contribution in [3.8, 4) is 0 Å². The topological polar surface area (TPSA) is 0 Å². The molecule has 0 radical (unpaired) electrons. The fourth-order valence-corrected chi connectivity index (χ4v) is 5.50. The van der Waals surface area contributed by atoms with Crippen LogP contribution in [-0.4, -0.2) is 0 Å². The lowest BCUT2D eigenvalue weighted by molar-refractivity contribution is 1.15. The highest BCUT2D eigenvalue weighted by Crippen LogP contribution is 2.49. The van der Waals surface area contributed by atoms with Gasteiger partial charge in [-0.25, -0.2) is 0 Å². The van der Waals surface area contributed by atoms with Crippen LogP contribution in [0, 0.1) is 6.92 Å². The molecular weight excluding hydrogens is 316 g/mol. The Labute approximate surface area is 143 Å². The Bertz CT molecular complexity index is 1080. The highest BCUT2D eigenvalue weighted by Gasteiger charge is 2.17. The van der Waals surface area contributed by atoms with Crippen LogP contribution in [0.5, 0.6) is 0 Å². The van der Waals surface area contributed by atoms with Crippen LogP contribution < -0.4 is 0 Å². The third-order valence-corrected chi connectivity index (χ3v) is 6.81. The molecule has 2 heteroatoms. The molecule has 4 aromatic rings. The highest BCUT2D eigenvalue weighted by molar-refractivity contribution is 8.05. The number of hydrogen-bond acceptors (Lipinski definition) is 2. The first-order valence-electron chi connectivity index (χ1n) is 7.69. The van der Waals surface area contributed by atoms with Gasteiger partial charge in [0, 0.05) is 19.6 Å². The predicted molar refractivity (Wildman–Crippen MR) is 101 cm³/mol. The molecule has 0 atom stereocenters. The third kappa shape index (κ3) is 2.25. The summed E-state index contributed by atoms with van der Waals surface area (Å²) in [5, 5.41) is 5.27. The van der Waals surface area contributed by atoms with Crippen molar-refractivity contribution in [2.45, 2.75) is 26.5 Å². The summed E-state index contributed by atoms with van der Waals surface area (Å²) in [6.07, 6.45) is 0. The van der Waals surface area contributed by atoms with Crippen molar-refractivity contribution in [2.75, 3.05) is 0 Å². The molecule has 0 nitrogen and oxygen atoms in total. The van der Waals surface area contributed by atoms with Crippen LogP contribution in [0.3, 0.4) is 0 Å². The molecule has 0 N–H and O–H groups in total. The first kappa shape index (κ1) is 13.5. The summed E-state index contributed by atoms with van der Waals surface area (Å²) >= 11 is 3.79. The molecule has 0 saturated carbocycles. The lowest BCUT2D eigenvalue weighted by Crippen LogP contribution is -1.90. The molecule has 0 unspecified atom stereocenters. The maximum atomic E-state index is 2.35. The van der Waals surface area contributed by atoms with Gasteiger partial charge in [-0.15, -0.1) is 0 Å². The number of fused-ring (bicyclic) bond motifs is 4. The van der Waals surface area contributed by atoms with Crippen molar-refractivity contribution in [3.05, 3.63) is 72.3 Å². The lowest BCUT2D eigenvalue weighted by Gasteiger charge is -2.19. The van der Waals surface area contributed by atoms with Crippen molar-refractivity contribution in [1.29, 1.82) is 0 Å². The van der Waals surface area contributed by atoms with Crippen LogP contribution in [-0.2, 0) is 0 Å². The van der Waals surface area contributed by atoms with Crippen LogP contribution in [0.15, 0.2) is 86.3 Å². The Morgan fingerprint density at radius 3 is 1.74 bits per heavy atom. The molecule has 0 amide bonds. The fraction of sp³-hybridized carbons (Fsp3) is 0.0476. The molecule has 0 saturated heterocycles. The van der Waals surface area contributed by atoms with Gasteiger partial charge in [0.05, 0.1) is 0 Å². The number of rotatable bonds is 0. The average Bonchev–Trinajstić information content (AvgIpc) is 2.56. The number of aryl methyl sites for hydroxylation is 1. The smallest absolute Gasteiger partial charge is 0.0268 e. The van der Waals surface area contributed by atoms with E-state index in [1.54, 1.807) is 0 Å². The van der Waals surface area contributed by atoms with Gasteiger partial charge in [-0.2, -0.15) is 0 Å². The quantitative estimate of drug-likeness (QED) is 0.283. The van der Waals surface area contributed by atoms with Crippen molar-refractivity contribution in [3.63, 3.8) is 0 Å². The molecule has 0 aliphatic carbocycles. The van der Waals surface area contributed by atoms with E-state index >= 15 is 0 Å². The summed E-state index contributed by atoms with van der Waals surface area (Å²) < 4.78 is 0. The van der Waals surface area contributed by atoms with Gasteiger partial charge >= 0.3 is 0 Å². The summed E-state index contributed by atoms with van der Waals surface area (Å²) in [6.45, 7) is 2.16. The van der Waals surface area contributed by atoms with Crippen molar-refractivity contribution in [2.24, 2.45) is 0 Å². The zero-order chi connectivity index (χ0) is 15.4. The minimum atomic E-state index is 1.31. The summed E-state index contributed by atoms with van der Waals surface area (Å²) in [5.74, 6) is 0. The van der Waals surface area contributed by atoms with Crippen molar-refractivity contribution in [1.82, 2.24) is 0 Å². The van der Waals surface area contributed by atoms with Crippen LogP contribution in [0.1, 0.15) is 5.56 Å². The first-order chi connectivity index (χ1) is 11.3. The Morgan fingerprint density at radius 2 is 1.09 bits per heavy atom. The molecule has 110 valence electrons. The summed E-state index contributed by atoms with van der Waals surface area (Å²) in [7, 11) is 0. The van der Waals surface area contributed by atoms with E-state index in [0.29, 0.717) is 0 Å². The van der Waals surface area contributed by atoms with E-state index in [-0.39, 0.29) is 0 Å². The summed E-state index contributed by atoms with van der Waals surface area (Å²) in [5.41, 5.74) is 1.33. The van der Waals surface area contributed by atoms with E-state index in [0.717, 1.165) is 0 Å². The Balaban J connectivity index is 1.72. The van der Waals surface area contributed by atoms with Gasteiger partial charge in [-0.05, 0) is 70.4 Å². The van der Waals surface area contributed by atoms with Gasteiger partial charge in [0.25, 0.3) is 0 Å². The molecule has 4 aromatic carbocycles. The molecule has 1 aliphatic heterocycles. The standard InChI is InChI=1S/C21H14S2/c1-13-6-7-18-19(8-13)23-21-12-17-10-15-5-3-2-4-14(15)9-16(17)11-20(21)22-18/h2-12H,1H3. The number of hydrogen-bond donors (Lipinski definition) is 0. The van der Waals surface area contributed by atoms with E-state index < -0.39 is 0 Å². The maximum absolute atomic E-state index is 2.35. The van der Waals surface area contributed by atoms with Gasteiger partial charge in [-0.1, -0.05) is 53.9 Å². The van der Waals surface area contributed by atoms with E-state index in [1.807, 2.05) is 23.5 Å². The van der Waals surface area contributed by atoms with Gasteiger partial charge in [0.1, 0.15) is 0 Å². The third-order valence-electron chi connectivity index (χ3n) is 4.31. The minimum Gasteiger partial charge on any atom is -0.0877 e. The first-order valence-corrected chi connectivity index (χ1v) is 9.32. The molecule has 0 spiro atoms. The average molecular weight is 330 g/mol. The van der Waals surface area contributed by atoms with E-state index in [9.17, 15) is 0 Å². The van der Waals surface area contributed by atoms with Crippen molar-refractivity contribution < 1.29 is 0 Å². The second-order valence-corrected chi connectivity index (χ2v) is 8.17. The molecule has 1 aliphatic rings. The van der Waals surface area contributed by atoms with E-state index in [2.05, 4.69) is 73.7 Å². The van der Waals surface area contributed by atoms with Crippen molar-refractivity contribution >= 4 is 45.1 Å². The normalized spacial score (nSPS) is 13.1. The van der Waals surface area contributed by atoms with Gasteiger partial charge < -0.3 is 0 Å². The molecule has 23 heavy (non-hydrogen) atoms. The molecule has 1 heterocycles. The summed E-state index contributed by atoms with van der Waals surface area (Å²) in [4.78, 5) is 5.49. The maximum Gasteiger partial charge on any atom is 0.0268 e. The van der Waals surface area contributed by atoms with Crippen LogP contribution >= 0.6 is 23.5 Å².